The van der Waals surface area contributed by atoms with Crippen LogP contribution in [0.5, 0.6) is 0 Å². The minimum absolute atomic E-state index is 0.0191. The summed E-state index contributed by atoms with van der Waals surface area (Å²) in [5.41, 5.74) is 0.461. The Kier molecular flexibility index (Phi) is 4.14. The first-order valence-electron chi connectivity index (χ1n) is 5.09. The Morgan fingerprint density at radius 1 is 1.16 bits per heavy atom. The number of aromatic nitrogens is 1. The summed E-state index contributed by atoms with van der Waals surface area (Å²) in [6, 6.07) is 7.60. The average molecular weight is 318 g/mol. The van der Waals surface area contributed by atoms with Crippen molar-refractivity contribution in [2.45, 2.75) is 0 Å². The molecule has 0 saturated heterocycles. The van der Waals surface area contributed by atoms with Crippen molar-refractivity contribution in [1.29, 1.82) is 0 Å². The molecule has 1 heterocycles. The standard InChI is InChI=1S/C12H7Cl3N2O2/c13-7-2-1-3-8(14)11(7)17-10-5-6(12(18)19)4-9(15)16-10/h1-5H,(H,16,17)(H,18,19). The molecular weight excluding hydrogens is 311 g/mol. The molecule has 4 nitrogen and oxygen atoms in total. The van der Waals surface area contributed by atoms with Gasteiger partial charge in [0.05, 0.1) is 21.3 Å². The van der Waals surface area contributed by atoms with Gasteiger partial charge in [0.25, 0.3) is 0 Å². The molecule has 2 aromatic rings. The lowest BCUT2D eigenvalue weighted by atomic mass is 10.2. The van der Waals surface area contributed by atoms with E-state index >= 15 is 0 Å². The second kappa shape index (κ2) is 5.65. The van der Waals surface area contributed by atoms with E-state index in [9.17, 15) is 4.79 Å². The summed E-state index contributed by atoms with van der Waals surface area (Å²) in [5, 5.41) is 12.6. The van der Waals surface area contributed by atoms with E-state index in [-0.39, 0.29) is 16.5 Å². The molecule has 0 aliphatic heterocycles. The van der Waals surface area contributed by atoms with Gasteiger partial charge in [0.2, 0.25) is 0 Å². The summed E-state index contributed by atoms with van der Waals surface area (Å²) in [5.74, 6) is -0.850. The summed E-state index contributed by atoms with van der Waals surface area (Å²) in [4.78, 5) is 14.9. The van der Waals surface area contributed by atoms with Crippen molar-refractivity contribution >= 4 is 52.3 Å². The number of anilines is 2. The lowest BCUT2D eigenvalue weighted by Crippen LogP contribution is -2.01. The van der Waals surface area contributed by atoms with Gasteiger partial charge in [-0.2, -0.15) is 0 Å². The number of carbonyl (C=O) groups is 1. The molecule has 0 atom stereocenters. The number of nitrogens with zero attached hydrogens (tertiary/aromatic N) is 1. The Morgan fingerprint density at radius 2 is 1.79 bits per heavy atom. The van der Waals surface area contributed by atoms with Crippen molar-refractivity contribution in [2.24, 2.45) is 0 Å². The molecule has 2 N–H and O–H groups in total. The smallest absolute Gasteiger partial charge is 0.335 e. The zero-order valence-electron chi connectivity index (χ0n) is 9.32. The fourth-order valence-corrected chi connectivity index (χ4v) is 2.13. The van der Waals surface area contributed by atoms with Crippen molar-refractivity contribution in [3.05, 3.63) is 51.1 Å². The number of hydrogen-bond donors (Lipinski definition) is 2. The third-order valence-electron chi connectivity index (χ3n) is 2.26. The molecule has 7 heteroatoms. The first-order chi connectivity index (χ1) is 8.97. The van der Waals surface area contributed by atoms with Crippen molar-refractivity contribution in [1.82, 2.24) is 4.98 Å². The van der Waals surface area contributed by atoms with E-state index in [4.69, 9.17) is 39.9 Å². The van der Waals surface area contributed by atoms with Crippen molar-refractivity contribution < 1.29 is 9.90 Å². The number of aromatic carboxylic acids is 1. The maximum atomic E-state index is 10.9. The van der Waals surface area contributed by atoms with Crippen LogP contribution in [0.15, 0.2) is 30.3 Å². The summed E-state index contributed by atoms with van der Waals surface area (Å²) in [6.45, 7) is 0. The van der Waals surface area contributed by atoms with E-state index in [0.29, 0.717) is 15.7 Å². The quantitative estimate of drug-likeness (QED) is 0.819. The molecule has 1 aromatic heterocycles. The Labute approximate surface area is 123 Å². The molecule has 0 saturated carbocycles. The Morgan fingerprint density at radius 3 is 2.37 bits per heavy atom. The molecule has 0 unspecified atom stereocenters. The molecule has 0 aliphatic rings. The normalized spacial score (nSPS) is 10.3. The fraction of sp³-hybridized carbons (Fsp3) is 0. The van der Waals surface area contributed by atoms with Crippen molar-refractivity contribution in [3.63, 3.8) is 0 Å². The maximum absolute atomic E-state index is 10.9. The van der Waals surface area contributed by atoms with E-state index in [1.807, 2.05) is 0 Å². The third-order valence-corrected chi connectivity index (χ3v) is 3.08. The van der Waals surface area contributed by atoms with Gasteiger partial charge in [-0.1, -0.05) is 40.9 Å². The maximum Gasteiger partial charge on any atom is 0.335 e. The summed E-state index contributed by atoms with van der Waals surface area (Å²) < 4.78 is 0. The molecule has 0 radical (unpaired) electrons. The zero-order chi connectivity index (χ0) is 14.0. The predicted octanol–water partition coefficient (Wildman–Crippen LogP) is 4.48. The number of nitrogens with one attached hydrogen (secondary N) is 1. The SMILES string of the molecule is O=C(O)c1cc(Cl)nc(Nc2c(Cl)cccc2Cl)c1. The molecule has 2 rings (SSSR count). The first-order valence-corrected chi connectivity index (χ1v) is 6.22. The van der Waals surface area contributed by atoms with Crippen LogP contribution >= 0.6 is 34.8 Å². The molecule has 0 spiro atoms. The van der Waals surface area contributed by atoms with Gasteiger partial charge in [0.1, 0.15) is 11.0 Å². The highest BCUT2D eigenvalue weighted by Gasteiger charge is 2.10. The van der Waals surface area contributed by atoms with Crippen molar-refractivity contribution in [2.75, 3.05) is 5.32 Å². The lowest BCUT2D eigenvalue weighted by Gasteiger charge is -2.10. The van der Waals surface area contributed by atoms with E-state index < -0.39 is 5.97 Å². The minimum atomic E-state index is -1.10. The average Bonchev–Trinajstić information content (AvgIpc) is 2.33. The van der Waals surface area contributed by atoms with E-state index in [0.717, 1.165) is 0 Å². The van der Waals surface area contributed by atoms with Crippen molar-refractivity contribution in [3.8, 4) is 0 Å². The Hall–Kier alpha value is -1.49. The number of carboxylic acid groups (broad SMARTS) is 1. The van der Waals surface area contributed by atoms with Gasteiger partial charge in [-0.15, -0.1) is 0 Å². The first kappa shape index (κ1) is 13.9. The lowest BCUT2D eigenvalue weighted by molar-refractivity contribution is 0.0697. The zero-order valence-corrected chi connectivity index (χ0v) is 11.6. The van der Waals surface area contributed by atoms with Crippen LogP contribution in [0.25, 0.3) is 0 Å². The van der Waals surface area contributed by atoms with E-state index in [2.05, 4.69) is 10.3 Å². The van der Waals surface area contributed by atoms with Gasteiger partial charge < -0.3 is 10.4 Å². The second-order valence-corrected chi connectivity index (χ2v) is 4.79. The van der Waals surface area contributed by atoms with Crippen LogP contribution in [0.4, 0.5) is 11.5 Å². The molecule has 1 aromatic carbocycles. The van der Waals surface area contributed by atoms with Crippen LogP contribution in [0.1, 0.15) is 10.4 Å². The highest BCUT2D eigenvalue weighted by Crippen LogP contribution is 2.32. The molecule has 19 heavy (non-hydrogen) atoms. The minimum Gasteiger partial charge on any atom is -0.478 e. The van der Waals surface area contributed by atoms with Gasteiger partial charge >= 0.3 is 5.97 Å². The topological polar surface area (TPSA) is 62.2 Å². The van der Waals surface area contributed by atoms with Gasteiger partial charge in [-0.05, 0) is 24.3 Å². The summed E-state index contributed by atoms with van der Waals surface area (Å²) in [6.07, 6.45) is 0. The van der Waals surface area contributed by atoms with Crippen LogP contribution < -0.4 is 5.32 Å². The van der Waals surface area contributed by atoms with Crippen LogP contribution in [-0.4, -0.2) is 16.1 Å². The Bertz CT molecular complexity index is 627. The number of rotatable bonds is 3. The van der Waals surface area contributed by atoms with E-state index in [1.165, 1.54) is 12.1 Å². The second-order valence-electron chi connectivity index (χ2n) is 3.59. The van der Waals surface area contributed by atoms with Crippen LogP contribution in [-0.2, 0) is 0 Å². The molecular formula is C12H7Cl3N2O2. The van der Waals surface area contributed by atoms with Crippen LogP contribution in [0.2, 0.25) is 15.2 Å². The van der Waals surface area contributed by atoms with Crippen LogP contribution in [0.3, 0.4) is 0 Å². The van der Waals surface area contributed by atoms with Gasteiger partial charge in [-0.3, -0.25) is 0 Å². The van der Waals surface area contributed by atoms with Crippen LogP contribution in [0, 0.1) is 0 Å². The highest BCUT2D eigenvalue weighted by molar-refractivity contribution is 6.39. The summed E-state index contributed by atoms with van der Waals surface area (Å²) in [7, 11) is 0. The molecule has 0 amide bonds. The molecule has 98 valence electrons. The molecule has 0 aliphatic carbocycles. The summed E-state index contributed by atoms with van der Waals surface area (Å²) >= 11 is 17.8. The number of pyridine rings is 1. The number of para-hydroxylation sites is 1. The largest absolute Gasteiger partial charge is 0.478 e. The third kappa shape index (κ3) is 3.29. The number of hydrogen-bond acceptors (Lipinski definition) is 3. The van der Waals surface area contributed by atoms with Gasteiger partial charge in [0, 0.05) is 0 Å². The number of carboxylic acids is 1. The molecule has 0 bridgehead atoms. The number of halogens is 3. The number of benzene rings is 1. The molecule has 0 fully saturated rings. The predicted molar refractivity (Wildman–Crippen MR) is 76.0 cm³/mol. The van der Waals surface area contributed by atoms with E-state index in [1.54, 1.807) is 18.2 Å². The fourth-order valence-electron chi connectivity index (χ4n) is 1.43. The van der Waals surface area contributed by atoms with Gasteiger partial charge in [-0.25, -0.2) is 9.78 Å². The Balaban J connectivity index is 2.41. The van der Waals surface area contributed by atoms with Gasteiger partial charge in [0.15, 0.2) is 0 Å². The highest BCUT2D eigenvalue weighted by atomic mass is 35.5. The monoisotopic (exact) mass is 316 g/mol.